The van der Waals surface area contributed by atoms with Gasteiger partial charge in [-0.3, -0.25) is 20.2 Å². The molecule has 8 heteroatoms. The van der Waals surface area contributed by atoms with Gasteiger partial charge in [0.05, 0.1) is 13.5 Å². The summed E-state index contributed by atoms with van der Waals surface area (Å²) < 4.78 is 0. The van der Waals surface area contributed by atoms with Crippen LogP contribution in [0, 0.1) is 0 Å². The topological polar surface area (TPSA) is 123 Å². The van der Waals surface area contributed by atoms with Crippen LogP contribution in [-0.4, -0.2) is 61.7 Å². The first-order chi connectivity index (χ1) is 12.2. The number of carbonyl (C=O) groups is 2. The molecule has 8 nitrogen and oxygen atoms in total. The van der Waals surface area contributed by atoms with Gasteiger partial charge in [0.15, 0.2) is 0 Å². The highest BCUT2D eigenvalue weighted by molar-refractivity contribution is 5.96. The Morgan fingerprint density at radius 1 is 0.560 bits per heavy atom. The zero-order chi connectivity index (χ0) is 18.6. The molecule has 0 aromatic carbocycles. The van der Waals surface area contributed by atoms with E-state index in [1.165, 1.54) is 0 Å². The van der Waals surface area contributed by atoms with Gasteiger partial charge in [-0.2, -0.15) is 0 Å². The lowest BCUT2D eigenvalue weighted by Gasteiger charge is -2.07. The van der Waals surface area contributed by atoms with E-state index in [-0.39, 0.29) is 31.7 Å². The maximum atomic E-state index is 11.6. The van der Waals surface area contributed by atoms with Crippen LogP contribution in [0.1, 0.15) is 57.8 Å². The van der Waals surface area contributed by atoms with Crippen molar-refractivity contribution in [2.24, 2.45) is 0 Å². The summed E-state index contributed by atoms with van der Waals surface area (Å²) in [5.41, 5.74) is 0. The molecule has 25 heavy (non-hydrogen) atoms. The van der Waals surface area contributed by atoms with Gasteiger partial charge < -0.3 is 20.8 Å². The van der Waals surface area contributed by atoms with E-state index in [2.05, 4.69) is 21.3 Å². The number of hydrogen-bond acceptors (Lipinski definition) is 6. The van der Waals surface area contributed by atoms with Crippen molar-refractivity contribution in [2.75, 3.05) is 39.6 Å². The lowest BCUT2D eigenvalue weighted by Crippen LogP contribution is -2.32. The Morgan fingerprint density at radius 2 is 0.920 bits per heavy atom. The van der Waals surface area contributed by atoms with E-state index in [1.807, 2.05) is 0 Å². The standard InChI is InChI=1S/C17H36N4O4/c22-14-18-9-5-1-3-7-11-20-16(24)13-17(25)21-12-8-4-2-6-10-19-15-23/h18-19,22-23H,1-15H2,(H,20,24)(H,21,25). The highest BCUT2D eigenvalue weighted by Gasteiger charge is 2.07. The molecule has 0 aromatic rings. The van der Waals surface area contributed by atoms with Gasteiger partial charge in [-0.25, -0.2) is 0 Å². The maximum Gasteiger partial charge on any atom is 0.229 e. The number of carbonyl (C=O) groups excluding carboxylic acids is 2. The average Bonchev–Trinajstić information content (AvgIpc) is 2.59. The van der Waals surface area contributed by atoms with Gasteiger partial charge in [0, 0.05) is 13.1 Å². The van der Waals surface area contributed by atoms with E-state index in [0.29, 0.717) is 13.1 Å². The molecule has 2 amide bonds. The minimum Gasteiger partial charge on any atom is -0.381 e. The van der Waals surface area contributed by atoms with Crippen LogP contribution >= 0.6 is 0 Å². The van der Waals surface area contributed by atoms with E-state index < -0.39 is 0 Å². The number of aliphatic hydroxyl groups is 2. The first kappa shape index (κ1) is 23.8. The predicted octanol–water partition coefficient (Wildman–Crippen LogP) is -0.191. The molecule has 0 unspecified atom stereocenters. The van der Waals surface area contributed by atoms with Gasteiger partial charge in [0.2, 0.25) is 11.8 Å². The lowest BCUT2D eigenvalue weighted by atomic mass is 10.2. The second-order valence-corrected chi connectivity index (χ2v) is 6.02. The third kappa shape index (κ3) is 19.0. The first-order valence-corrected chi connectivity index (χ1v) is 9.37. The fraction of sp³-hybridized carbons (Fsp3) is 0.882. The minimum atomic E-state index is -0.227. The van der Waals surface area contributed by atoms with Gasteiger partial charge >= 0.3 is 0 Å². The van der Waals surface area contributed by atoms with E-state index in [9.17, 15) is 9.59 Å². The van der Waals surface area contributed by atoms with Crippen LogP contribution in [0.25, 0.3) is 0 Å². The van der Waals surface area contributed by atoms with Gasteiger partial charge in [-0.15, -0.1) is 0 Å². The Morgan fingerprint density at radius 3 is 1.28 bits per heavy atom. The molecular formula is C17H36N4O4. The van der Waals surface area contributed by atoms with E-state index in [1.54, 1.807) is 0 Å². The number of nitrogens with one attached hydrogen (secondary N) is 4. The average molecular weight is 360 g/mol. The highest BCUT2D eigenvalue weighted by atomic mass is 16.3. The molecule has 0 fully saturated rings. The van der Waals surface area contributed by atoms with Crippen molar-refractivity contribution in [3.63, 3.8) is 0 Å². The van der Waals surface area contributed by atoms with E-state index in [0.717, 1.165) is 64.5 Å². The van der Waals surface area contributed by atoms with E-state index in [4.69, 9.17) is 10.2 Å². The summed E-state index contributed by atoms with van der Waals surface area (Å²) in [6.07, 6.45) is 7.86. The normalized spacial score (nSPS) is 10.6. The third-order valence-corrected chi connectivity index (χ3v) is 3.75. The number of unbranched alkanes of at least 4 members (excludes halogenated alkanes) is 6. The summed E-state index contributed by atoms with van der Waals surface area (Å²) in [5.74, 6) is -0.455. The Balaban J connectivity index is 3.34. The summed E-state index contributed by atoms with van der Waals surface area (Å²) >= 11 is 0. The van der Waals surface area contributed by atoms with Gasteiger partial charge in [0.25, 0.3) is 0 Å². The molecule has 0 aliphatic rings. The summed E-state index contributed by atoms with van der Waals surface area (Å²) in [4.78, 5) is 23.3. The van der Waals surface area contributed by atoms with Crippen LogP contribution in [0.2, 0.25) is 0 Å². The number of amides is 2. The van der Waals surface area contributed by atoms with Gasteiger partial charge in [0.1, 0.15) is 6.42 Å². The summed E-state index contributed by atoms with van der Waals surface area (Å²) in [7, 11) is 0. The predicted molar refractivity (Wildman–Crippen MR) is 97.7 cm³/mol. The summed E-state index contributed by atoms with van der Waals surface area (Å²) in [6.45, 7) is 2.84. The Bertz CT molecular complexity index is 300. The molecule has 0 saturated carbocycles. The minimum absolute atomic E-state index is 0.0141. The van der Waals surface area contributed by atoms with Crippen molar-refractivity contribution in [1.82, 2.24) is 21.3 Å². The molecule has 6 N–H and O–H groups in total. The molecule has 0 aromatic heterocycles. The molecule has 0 saturated heterocycles. The lowest BCUT2D eigenvalue weighted by molar-refractivity contribution is -0.129. The highest BCUT2D eigenvalue weighted by Crippen LogP contribution is 1.99. The molecule has 0 rings (SSSR count). The zero-order valence-electron chi connectivity index (χ0n) is 15.3. The van der Waals surface area contributed by atoms with Crippen LogP contribution < -0.4 is 21.3 Å². The fourth-order valence-corrected chi connectivity index (χ4v) is 2.34. The molecule has 0 atom stereocenters. The molecule has 0 aliphatic carbocycles. The van der Waals surface area contributed by atoms with Crippen LogP contribution in [0.15, 0.2) is 0 Å². The molecule has 0 heterocycles. The van der Waals surface area contributed by atoms with Crippen molar-refractivity contribution in [3.8, 4) is 0 Å². The number of hydrogen-bond donors (Lipinski definition) is 6. The monoisotopic (exact) mass is 360 g/mol. The largest absolute Gasteiger partial charge is 0.381 e. The summed E-state index contributed by atoms with van der Waals surface area (Å²) in [6, 6.07) is 0. The van der Waals surface area contributed by atoms with Crippen molar-refractivity contribution >= 4 is 11.8 Å². The molecule has 0 spiro atoms. The molecule has 0 aliphatic heterocycles. The number of rotatable bonds is 18. The van der Waals surface area contributed by atoms with Crippen LogP contribution in [0.5, 0.6) is 0 Å². The molecular weight excluding hydrogens is 324 g/mol. The van der Waals surface area contributed by atoms with Crippen LogP contribution in [0.4, 0.5) is 0 Å². The first-order valence-electron chi connectivity index (χ1n) is 9.37. The third-order valence-electron chi connectivity index (χ3n) is 3.75. The maximum absolute atomic E-state index is 11.6. The second kappa shape index (κ2) is 19.1. The van der Waals surface area contributed by atoms with Crippen molar-refractivity contribution < 1.29 is 19.8 Å². The van der Waals surface area contributed by atoms with Gasteiger partial charge in [-0.1, -0.05) is 25.7 Å². The van der Waals surface area contributed by atoms with Crippen LogP contribution in [-0.2, 0) is 9.59 Å². The smallest absolute Gasteiger partial charge is 0.229 e. The van der Waals surface area contributed by atoms with Crippen molar-refractivity contribution in [2.45, 2.75) is 57.8 Å². The fourth-order valence-electron chi connectivity index (χ4n) is 2.34. The van der Waals surface area contributed by atoms with Crippen molar-refractivity contribution in [3.05, 3.63) is 0 Å². The molecule has 148 valence electrons. The quantitative estimate of drug-likeness (QED) is 0.114. The van der Waals surface area contributed by atoms with E-state index >= 15 is 0 Å². The summed E-state index contributed by atoms with van der Waals surface area (Å²) in [5, 5.41) is 28.3. The Hall–Kier alpha value is -1.22. The molecule has 0 bridgehead atoms. The SMILES string of the molecule is O=C(CC(=O)NCCCCCCNCO)NCCCCCCNCO. The Labute approximate surface area is 151 Å². The second-order valence-electron chi connectivity index (χ2n) is 6.02. The van der Waals surface area contributed by atoms with Crippen LogP contribution in [0.3, 0.4) is 0 Å². The van der Waals surface area contributed by atoms with Gasteiger partial charge in [-0.05, 0) is 38.8 Å². The molecule has 0 radical (unpaired) electrons. The zero-order valence-corrected chi connectivity index (χ0v) is 15.3. The van der Waals surface area contributed by atoms with Crippen molar-refractivity contribution in [1.29, 1.82) is 0 Å². The number of aliphatic hydroxyl groups excluding tert-OH is 2. The Kier molecular flexibility index (Phi) is 18.2.